The number of hydrogen-bond acceptors (Lipinski definition) is 3. The van der Waals surface area contributed by atoms with E-state index in [9.17, 15) is 4.79 Å². The fraction of sp³-hybridized carbons (Fsp3) is 0.588. The number of carbonyl (C=O) groups is 1. The van der Waals surface area contributed by atoms with E-state index in [4.69, 9.17) is 9.47 Å². The summed E-state index contributed by atoms with van der Waals surface area (Å²) in [5, 5.41) is 0. The van der Waals surface area contributed by atoms with Gasteiger partial charge in [0, 0.05) is 18.6 Å². The summed E-state index contributed by atoms with van der Waals surface area (Å²) < 4.78 is 10.9. The first-order valence-electron chi connectivity index (χ1n) is 8.30. The lowest BCUT2D eigenvalue weighted by Crippen LogP contribution is -3.12. The molecule has 1 saturated heterocycles. The average Bonchev–Trinajstić information content (AvgIpc) is 2.53. The summed E-state index contributed by atoms with van der Waals surface area (Å²) in [6, 6.07) is 5.31. The standard InChI is InChI=1S/C17H26N2O3.2ClH/c1-2-21-16-13-14(18)7-8-15(16)17(20)22-12-6-11-19-9-4-3-5-10-19;;/h7-8,13H,2-6,9-12,18H2,1H3;2*1H. The molecule has 0 aliphatic carbocycles. The van der Waals surface area contributed by atoms with Gasteiger partial charge in [0.25, 0.3) is 0 Å². The third-order valence-electron chi connectivity index (χ3n) is 4.03. The van der Waals surface area contributed by atoms with Crippen molar-refractivity contribution in [2.24, 2.45) is 0 Å². The molecule has 5 nitrogen and oxygen atoms in total. The molecule has 24 heavy (non-hydrogen) atoms. The highest BCUT2D eigenvalue weighted by atomic mass is 35.5. The quantitative estimate of drug-likeness (QED) is 0.367. The Balaban J connectivity index is 0.00000264. The van der Waals surface area contributed by atoms with E-state index in [0.29, 0.717) is 24.5 Å². The molecule has 0 amide bonds. The van der Waals surface area contributed by atoms with Crippen LogP contribution in [0.2, 0.25) is 0 Å². The molecular weight excluding hydrogens is 351 g/mol. The van der Waals surface area contributed by atoms with E-state index in [-0.39, 0.29) is 30.8 Å². The highest BCUT2D eigenvalue weighted by molar-refractivity contribution is 5.92. The van der Waals surface area contributed by atoms with Gasteiger partial charge in [0.15, 0.2) is 0 Å². The first-order valence-corrected chi connectivity index (χ1v) is 8.30. The zero-order chi connectivity index (χ0) is 15.8. The van der Waals surface area contributed by atoms with E-state index in [1.807, 2.05) is 6.92 Å². The van der Waals surface area contributed by atoms with Crippen LogP contribution in [-0.2, 0) is 4.74 Å². The van der Waals surface area contributed by atoms with Crippen LogP contribution in [0.1, 0.15) is 43.0 Å². The molecule has 1 aromatic carbocycles. The number of halogens is 2. The summed E-state index contributed by atoms with van der Waals surface area (Å²) in [4.78, 5) is 13.8. The molecule has 0 unspecified atom stereocenters. The van der Waals surface area contributed by atoms with Crippen LogP contribution in [0, 0.1) is 0 Å². The Labute approximate surface area is 156 Å². The number of esters is 1. The third-order valence-corrected chi connectivity index (χ3v) is 4.03. The Morgan fingerprint density at radius 1 is 1.21 bits per heavy atom. The zero-order valence-electron chi connectivity index (χ0n) is 14.3. The summed E-state index contributed by atoms with van der Waals surface area (Å²) in [6.45, 7) is 6.48. The molecule has 0 aromatic heterocycles. The first-order chi connectivity index (χ1) is 10.7. The third kappa shape index (κ3) is 7.26. The van der Waals surface area contributed by atoms with E-state index in [1.54, 1.807) is 23.1 Å². The molecule has 1 fully saturated rings. The molecule has 0 bridgehead atoms. The SMILES string of the molecule is CCOc1cc([NH3+])ccc1C(=O)OCCC[NH+]1CCCCC1.[Cl-].[Cl-]. The molecule has 4 N–H and O–H groups in total. The topological polar surface area (TPSA) is 67.6 Å². The second-order valence-corrected chi connectivity index (χ2v) is 5.81. The summed E-state index contributed by atoms with van der Waals surface area (Å²) >= 11 is 0. The number of benzene rings is 1. The van der Waals surface area contributed by atoms with Crippen molar-refractivity contribution in [3.05, 3.63) is 23.8 Å². The van der Waals surface area contributed by atoms with Gasteiger partial charge in [-0.3, -0.25) is 0 Å². The highest BCUT2D eigenvalue weighted by Crippen LogP contribution is 2.22. The van der Waals surface area contributed by atoms with Crippen LogP contribution < -0.4 is 40.2 Å². The van der Waals surface area contributed by atoms with Crippen molar-refractivity contribution in [1.29, 1.82) is 0 Å². The maximum Gasteiger partial charge on any atom is 0.341 e. The van der Waals surface area contributed by atoms with Gasteiger partial charge in [-0.25, -0.2) is 4.79 Å². The fourth-order valence-electron chi connectivity index (χ4n) is 2.88. The number of nitrogens with one attached hydrogen (secondary N) is 1. The highest BCUT2D eigenvalue weighted by Gasteiger charge is 2.16. The summed E-state index contributed by atoms with van der Waals surface area (Å²) in [5.74, 6) is 0.249. The van der Waals surface area contributed by atoms with Gasteiger partial charge in [-0.15, -0.1) is 0 Å². The van der Waals surface area contributed by atoms with Crippen LogP contribution in [-0.4, -0.2) is 38.8 Å². The zero-order valence-corrected chi connectivity index (χ0v) is 15.8. The van der Waals surface area contributed by atoms with Gasteiger partial charge in [-0.1, -0.05) is 0 Å². The van der Waals surface area contributed by atoms with Crippen molar-refractivity contribution in [2.45, 2.75) is 32.6 Å². The number of hydrogen-bond donors (Lipinski definition) is 2. The Morgan fingerprint density at radius 3 is 2.58 bits per heavy atom. The molecule has 0 radical (unpaired) electrons. The fourth-order valence-corrected chi connectivity index (χ4v) is 2.88. The summed E-state index contributed by atoms with van der Waals surface area (Å²) in [5.41, 5.74) is 5.17. The van der Waals surface area contributed by atoms with Crippen molar-refractivity contribution in [3.8, 4) is 5.75 Å². The van der Waals surface area contributed by atoms with Gasteiger partial charge >= 0.3 is 5.97 Å². The van der Waals surface area contributed by atoms with E-state index < -0.39 is 0 Å². The first kappa shape index (κ1) is 23.0. The molecule has 2 rings (SSSR count). The lowest BCUT2D eigenvalue weighted by atomic mass is 10.1. The maximum atomic E-state index is 12.2. The average molecular weight is 379 g/mol. The number of quaternary nitrogens is 2. The minimum absolute atomic E-state index is 0. The number of piperidine rings is 1. The van der Waals surface area contributed by atoms with Crippen LogP contribution in [0.15, 0.2) is 18.2 Å². The molecule has 7 heteroatoms. The lowest BCUT2D eigenvalue weighted by molar-refractivity contribution is -0.905. The lowest BCUT2D eigenvalue weighted by Gasteiger charge is -2.23. The maximum absolute atomic E-state index is 12.2. The Hall–Kier alpha value is -1.01. The minimum Gasteiger partial charge on any atom is -1.00 e. The summed E-state index contributed by atoms with van der Waals surface area (Å²) in [6.07, 6.45) is 4.92. The smallest absolute Gasteiger partial charge is 0.341 e. The predicted molar refractivity (Wildman–Crippen MR) is 84.5 cm³/mol. The van der Waals surface area contributed by atoms with Crippen molar-refractivity contribution >= 4 is 11.7 Å². The van der Waals surface area contributed by atoms with E-state index >= 15 is 0 Å². The number of carbonyl (C=O) groups excluding carboxylic acids is 1. The molecule has 1 aromatic rings. The van der Waals surface area contributed by atoms with Crippen LogP contribution in [0.25, 0.3) is 0 Å². The summed E-state index contributed by atoms with van der Waals surface area (Å²) in [7, 11) is 0. The van der Waals surface area contributed by atoms with E-state index in [1.165, 1.54) is 32.4 Å². The second kappa shape index (κ2) is 12.4. The number of ether oxygens (including phenoxy) is 2. The molecule has 1 aliphatic rings. The minimum atomic E-state index is -0.308. The molecule has 1 heterocycles. The predicted octanol–water partition coefficient (Wildman–Crippen LogP) is -5.42. The van der Waals surface area contributed by atoms with Crippen LogP contribution in [0.3, 0.4) is 0 Å². The molecule has 0 atom stereocenters. The largest absolute Gasteiger partial charge is 1.00 e. The van der Waals surface area contributed by atoms with Crippen molar-refractivity contribution in [3.63, 3.8) is 0 Å². The van der Waals surface area contributed by atoms with E-state index in [0.717, 1.165) is 18.7 Å². The van der Waals surface area contributed by atoms with Gasteiger partial charge in [0.05, 0.1) is 32.8 Å². The Kier molecular flexibility index (Phi) is 11.8. The number of likely N-dealkylation sites (tertiary alicyclic amines) is 1. The van der Waals surface area contributed by atoms with Gasteiger partial charge in [-0.2, -0.15) is 0 Å². The van der Waals surface area contributed by atoms with Crippen molar-refractivity contribution < 1.29 is 49.7 Å². The number of rotatable bonds is 7. The second-order valence-electron chi connectivity index (χ2n) is 5.81. The molecule has 0 spiro atoms. The van der Waals surface area contributed by atoms with E-state index in [2.05, 4.69) is 5.73 Å². The van der Waals surface area contributed by atoms with Crippen LogP contribution >= 0.6 is 0 Å². The van der Waals surface area contributed by atoms with Crippen LogP contribution in [0.4, 0.5) is 5.69 Å². The Bertz CT molecular complexity index is 495. The van der Waals surface area contributed by atoms with Crippen LogP contribution in [0.5, 0.6) is 5.75 Å². The normalized spacial score (nSPS) is 14.2. The van der Waals surface area contributed by atoms with Gasteiger partial charge in [-0.05, 0) is 32.3 Å². The molecule has 1 aliphatic heterocycles. The molecule has 0 saturated carbocycles. The van der Waals surface area contributed by atoms with Crippen molar-refractivity contribution in [1.82, 2.24) is 0 Å². The van der Waals surface area contributed by atoms with Gasteiger partial charge in [0.2, 0.25) is 0 Å². The van der Waals surface area contributed by atoms with Gasteiger partial charge in [0.1, 0.15) is 17.0 Å². The van der Waals surface area contributed by atoms with Crippen molar-refractivity contribution in [2.75, 3.05) is 32.8 Å². The molecule has 138 valence electrons. The molecular formula is C17H28Cl2N2O3. The Morgan fingerprint density at radius 2 is 1.92 bits per heavy atom. The van der Waals surface area contributed by atoms with Gasteiger partial charge < -0.3 is 44.9 Å². The monoisotopic (exact) mass is 378 g/mol.